The highest BCUT2D eigenvalue weighted by atomic mass is 35.5. The van der Waals surface area contributed by atoms with E-state index in [0.717, 1.165) is 31.2 Å². The molecule has 3 N–H and O–H groups in total. The fourth-order valence-corrected chi connectivity index (χ4v) is 4.58. The first-order valence-electron chi connectivity index (χ1n) is 10.8. The van der Waals surface area contributed by atoms with Gasteiger partial charge in [0.05, 0.1) is 11.3 Å². The second-order valence-corrected chi connectivity index (χ2v) is 9.76. The topological polar surface area (TPSA) is 71.2 Å². The van der Waals surface area contributed by atoms with Gasteiger partial charge in [-0.25, -0.2) is 4.39 Å². The highest BCUT2D eigenvalue weighted by Crippen LogP contribution is 2.45. The van der Waals surface area contributed by atoms with Crippen LogP contribution in [0, 0.1) is 11.7 Å². The molecule has 1 amide bonds. The maximum absolute atomic E-state index is 14.2. The summed E-state index contributed by atoms with van der Waals surface area (Å²) in [7, 11) is 0. The van der Waals surface area contributed by atoms with Crippen molar-refractivity contribution >= 4 is 23.2 Å². The molecule has 2 heterocycles. The summed E-state index contributed by atoms with van der Waals surface area (Å²) < 4.78 is 56.4. The molecule has 1 saturated heterocycles. The van der Waals surface area contributed by atoms with Gasteiger partial charge in [0.15, 0.2) is 5.69 Å². The number of carbonyl (C=O) groups is 1. The highest BCUT2D eigenvalue weighted by Gasteiger charge is 2.41. The van der Waals surface area contributed by atoms with Crippen molar-refractivity contribution in [3.8, 4) is 11.1 Å². The summed E-state index contributed by atoms with van der Waals surface area (Å²) in [6, 6.07) is 3.09. The zero-order valence-corrected chi connectivity index (χ0v) is 19.0. The molecule has 2 aromatic rings. The minimum absolute atomic E-state index is 0.0106. The first-order valence-corrected chi connectivity index (χ1v) is 11.1. The van der Waals surface area contributed by atoms with Gasteiger partial charge < -0.3 is 16.0 Å². The van der Waals surface area contributed by atoms with Gasteiger partial charge in [-0.05, 0) is 62.8 Å². The lowest BCUT2D eigenvalue weighted by Gasteiger charge is -2.28. The number of nitrogens with two attached hydrogens (primary N) is 1. The smallest absolute Gasteiger partial charge is 0.368 e. The number of alkyl halides is 3. The van der Waals surface area contributed by atoms with E-state index in [9.17, 15) is 22.4 Å². The second-order valence-electron chi connectivity index (χ2n) is 9.33. The van der Waals surface area contributed by atoms with Crippen LogP contribution in [-0.4, -0.2) is 35.6 Å². The van der Waals surface area contributed by atoms with Crippen LogP contribution in [-0.2, 0) is 6.18 Å². The summed E-state index contributed by atoms with van der Waals surface area (Å²) in [6.07, 6.45) is -1.40. The van der Waals surface area contributed by atoms with Crippen molar-refractivity contribution in [2.45, 2.75) is 50.9 Å². The number of carbonyl (C=O) groups excluding carboxylic acids is 1. The van der Waals surface area contributed by atoms with E-state index in [1.807, 2.05) is 6.92 Å². The molecule has 0 bridgehead atoms. The number of pyridine rings is 1. The van der Waals surface area contributed by atoms with Gasteiger partial charge in [0.2, 0.25) is 0 Å². The van der Waals surface area contributed by atoms with E-state index in [-0.39, 0.29) is 40.0 Å². The maximum atomic E-state index is 14.2. The van der Waals surface area contributed by atoms with E-state index in [2.05, 4.69) is 10.3 Å². The molecule has 178 valence electrons. The molecule has 1 aromatic heterocycles. The SMILES string of the molecule is CC(NC(=O)c1cnc(C(F)(F)F)c(-c2cc(F)cc(Cl)c2)c1N1CC[C@](C)(N)C1)C1CC1. The molecule has 5 nitrogen and oxygen atoms in total. The number of hydrogen-bond donors (Lipinski definition) is 2. The average molecular weight is 485 g/mol. The van der Waals surface area contributed by atoms with Crippen LogP contribution in [0.5, 0.6) is 0 Å². The van der Waals surface area contributed by atoms with E-state index in [1.54, 1.807) is 11.8 Å². The minimum Gasteiger partial charge on any atom is -0.368 e. The molecular formula is C23H25ClF4N4O. The van der Waals surface area contributed by atoms with Gasteiger partial charge in [0.1, 0.15) is 5.82 Å². The quantitative estimate of drug-likeness (QED) is 0.585. The third-order valence-electron chi connectivity index (χ3n) is 6.22. The molecule has 1 saturated carbocycles. The van der Waals surface area contributed by atoms with Crippen LogP contribution in [0.15, 0.2) is 24.4 Å². The molecule has 2 fully saturated rings. The van der Waals surface area contributed by atoms with Crippen LogP contribution in [0.2, 0.25) is 5.02 Å². The Morgan fingerprint density at radius 1 is 1.33 bits per heavy atom. The van der Waals surface area contributed by atoms with Crippen LogP contribution >= 0.6 is 11.6 Å². The lowest BCUT2D eigenvalue weighted by atomic mass is 9.96. The first kappa shape index (κ1) is 23.8. The summed E-state index contributed by atoms with van der Waals surface area (Å²) in [4.78, 5) is 18.5. The van der Waals surface area contributed by atoms with Crippen molar-refractivity contribution in [1.29, 1.82) is 0 Å². The molecule has 10 heteroatoms. The molecule has 1 aromatic carbocycles. The Kier molecular flexibility index (Phi) is 6.07. The Morgan fingerprint density at radius 3 is 2.58 bits per heavy atom. The van der Waals surface area contributed by atoms with Crippen LogP contribution in [0.1, 0.15) is 49.2 Å². The summed E-state index contributed by atoms with van der Waals surface area (Å²) >= 11 is 5.98. The first-order chi connectivity index (χ1) is 15.4. The number of halogens is 5. The third kappa shape index (κ3) is 5.09. The Morgan fingerprint density at radius 2 is 2.03 bits per heavy atom. The van der Waals surface area contributed by atoms with Gasteiger partial charge in [0.25, 0.3) is 5.91 Å². The predicted octanol–water partition coefficient (Wildman–Crippen LogP) is 5.02. The molecule has 0 spiro atoms. The van der Waals surface area contributed by atoms with E-state index in [0.29, 0.717) is 18.9 Å². The van der Waals surface area contributed by atoms with Crippen LogP contribution in [0.4, 0.5) is 23.2 Å². The van der Waals surface area contributed by atoms with Gasteiger partial charge in [0, 0.05) is 41.5 Å². The molecular weight excluding hydrogens is 460 g/mol. The molecule has 2 atom stereocenters. The number of amides is 1. The lowest BCUT2D eigenvalue weighted by molar-refractivity contribution is -0.140. The molecule has 1 aliphatic carbocycles. The summed E-state index contributed by atoms with van der Waals surface area (Å²) in [6.45, 7) is 4.23. The normalized spacial score (nSPS) is 21.9. The Labute approximate surface area is 194 Å². The Bertz CT molecular complexity index is 1060. The lowest BCUT2D eigenvalue weighted by Crippen LogP contribution is -2.40. The van der Waals surface area contributed by atoms with E-state index in [4.69, 9.17) is 17.3 Å². The van der Waals surface area contributed by atoms with Gasteiger partial charge in [-0.15, -0.1) is 0 Å². The van der Waals surface area contributed by atoms with Crippen LogP contribution in [0.25, 0.3) is 11.1 Å². The van der Waals surface area contributed by atoms with Crippen LogP contribution < -0.4 is 16.0 Å². The number of benzene rings is 1. The largest absolute Gasteiger partial charge is 0.434 e. The molecule has 4 rings (SSSR count). The highest BCUT2D eigenvalue weighted by molar-refractivity contribution is 6.31. The molecule has 33 heavy (non-hydrogen) atoms. The third-order valence-corrected chi connectivity index (χ3v) is 6.44. The van der Waals surface area contributed by atoms with Gasteiger partial charge in [-0.3, -0.25) is 9.78 Å². The van der Waals surface area contributed by atoms with Crippen molar-refractivity contribution in [2.24, 2.45) is 11.7 Å². The monoisotopic (exact) mass is 484 g/mol. The zero-order chi connectivity index (χ0) is 24.1. The fraction of sp³-hybridized carbons (Fsp3) is 0.478. The van der Waals surface area contributed by atoms with E-state index in [1.165, 1.54) is 6.07 Å². The number of anilines is 1. The number of nitrogens with one attached hydrogen (secondary N) is 1. The summed E-state index contributed by atoms with van der Waals surface area (Å²) in [5, 5.41) is 2.82. The van der Waals surface area contributed by atoms with E-state index < -0.39 is 29.1 Å². The molecule has 0 radical (unpaired) electrons. The number of nitrogens with zero attached hydrogens (tertiary/aromatic N) is 2. The minimum atomic E-state index is -4.84. The number of aromatic nitrogens is 1. The van der Waals surface area contributed by atoms with E-state index >= 15 is 0 Å². The van der Waals surface area contributed by atoms with Crippen molar-refractivity contribution in [3.63, 3.8) is 0 Å². The van der Waals surface area contributed by atoms with Gasteiger partial charge in [-0.2, -0.15) is 13.2 Å². The average Bonchev–Trinajstić information content (AvgIpc) is 3.48. The van der Waals surface area contributed by atoms with Gasteiger partial charge >= 0.3 is 6.18 Å². The fourth-order valence-electron chi connectivity index (χ4n) is 4.36. The zero-order valence-electron chi connectivity index (χ0n) is 18.3. The molecule has 2 aliphatic rings. The van der Waals surface area contributed by atoms with Crippen molar-refractivity contribution in [3.05, 3.63) is 46.5 Å². The number of rotatable bonds is 5. The maximum Gasteiger partial charge on any atom is 0.434 e. The number of hydrogen-bond acceptors (Lipinski definition) is 4. The molecule has 1 unspecified atom stereocenters. The van der Waals surface area contributed by atoms with Crippen molar-refractivity contribution in [2.75, 3.05) is 18.0 Å². The van der Waals surface area contributed by atoms with Gasteiger partial charge in [-0.1, -0.05) is 11.6 Å². The van der Waals surface area contributed by atoms with Crippen molar-refractivity contribution in [1.82, 2.24) is 10.3 Å². The standard InChI is InChI=1S/C23H25ClF4N4O/c1-12(13-3-4-13)31-21(33)17-10-30-20(23(26,27)28)18(14-7-15(24)9-16(25)8-14)19(17)32-6-5-22(2,29)11-32/h7-10,12-13H,3-6,11,29H2,1-2H3,(H,31,33)/t12?,22-/m0/s1. The summed E-state index contributed by atoms with van der Waals surface area (Å²) in [5.74, 6) is -0.973. The summed E-state index contributed by atoms with van der Waals surface area (Å²) in [5.41, 5.74) is 3.93. The second kappa shape index (κ2) is 8.43. The Balaban J connectivity index is 1.94. The van der Waals surface area contributed by atoms with Crippen LogP contribution in [0.3, 0.4) is 0 Å². The Hall–Kier alpha value is -2.39. The predicted molar refractivity (Wildman–Crippen MR) is 119 cm³/mol. The molecule has 1 aliphatic heterocycles. The van der Waals surface area contributed by atoms with Crippen molar-refractivity contribution < 1.29 is 22.4 Å².